The molecule has 1 unspecified atom stereocenters. The predicted molar refractivity (Wildman–Crippen MR) is 85.7 cm³/mol. The summed E-state index contributed by atoms with van der Waals surface area (Å²) in [5, 5.41) is 2.73. The van der Waals surface area contributed by atoms with Gasteiger partial charge in [0.2, 0.25) is 5.91 Å². The number of piperazine rings is 1. The molecule has 22 heavy (non-hydrogen) atoms. The van der Waals surface area contributed by atoms with Gasteiger partial charge < -0.3 is 15.1 Å². The fraction of sp³-hybridized carbons (Fsp3) is 0.562. The number of anilines is 1. The molecule has 1 aromatic rings. The predicted octanol–water partition coefficient (Wildman–Crippen LogP) is 1.45. The Morgan fingerprint density at radius 3 is 2.73 bits per heavy atom. The number of likely N-dealkylation sites (N-methyl/N-ethyl adjacent to an activating group) is 1. The minimum Gasteiger partial charge on any atom is -0.333 e. The SMILES string of the molecule is CC(C)C(=O)Nc1cc(C(=O)N2CCN(C)CC2C)ccn1. The Bertz CT molecular complexity index is 559. The van der Waals surface area contributed by atoms with Gasteiger partial charge in [0.05, 0.1) is 0 Å². The van der Waals surface area contributed by atoms with E-state index in [1.165, 1.54) is 0 Å². The first-order chi connectivity index (χ1) is 10.4. The molecule has 2 heterocycles. The lowest BCUT2D eigenvalue weighted by atomic mass is 10.1. The molecule has 0 aromatic carbocycles. The van der Waals surface area contributed by atoms with Crippen molar-refractivity contribution in [1.82, 2.24) is 14.8 Å². The largest absolute Gasteiger partial charge is 0.333 e. The average Bonchev–Trinajstić information content (AvgIpc) is 2.46. The lowest BCUT2D eigenvalue weighted by Crippen LogP contribution is -2.52. The summed E-state index contributed by atoms with van der Waals surface area (Å²) in [4.78, 5) is 32.6. The first kappa shape index (κ1) is 16.4. The van der Waals surface area contributed by atoms with Gasteiger partial charge in [-0.1, -0.05) is 13.8 Å². The topological polar surface area (TPSA) is 65.5 Å². The van der Waals surface area contributed by atoms with E-state index in [0.29, 0.717) is 17.9 Å². The summed E-state index contributed by atoms with van der Waals surface area (Å²) < 4.78 is 0. The van der Waals surface area contributed by atoms with Gasteiger partial charge >= 0.3 is 0 Å². The van der Waals surface area contributed by atoms with Crippen LogP contribution in [-0.2, 0) is 4.79 Å². The third kappa shape index (κ3) is 3.82. The van der Waals surface area contributed by atoms with Gasteiger partial charge in [-0.25, -0.2) is 4.98 Å². The molecule has 1 N–H and O–H groups in total. The summed E-state index contributed by atoms with van der Waals surface area (Å²) >= 11 is 0. The smallest absolute Gasteiger partial charge is 0.254 e. The van der Waals surface area contributed by atoms with Gasteiger partial charge in [-0.05, 0) is 26.1 Å². The van der Waals surface area contributed by atoms with Gasteiger partial charge in [0.25, 0.3) is 5.91 Å². The van der Waals surface area contributed by atoms with E-state index in [-0.39, 0.29) is 23.8 Å². The van der Waals surface area contributed by atoms with Crippen LogP contribution in [0, 0.1) is 5.92 Å². The van der Waals surface area contributed by atoms with Crippen molar-refractivity contribution in [1.29, 1.82) is 0 Å². The summed E-state index contributed by atoms with van der Waals surface area (Å²) in [5.41, 5.74) is 0.561. The standard InChI is InChI=1S/C16H24N4O2/c1-11(2)15(21)18-14-9-13(5-6-17-14)16(22)20-8-7-19(4)10-12(20)3/h5-6,9,11-12H,7-8,10H2,1-4H3,(H,17,18,21). The fourth-order valence-electron chi connectivity index (χ4n) is 2.51. The number of carbonyl (C=O) groups is 2. The maximum Gasteiger partial charge on any atom is 0.254 e. The molecule has 6 heteroatoms. The van der Waals surface area contributed by atoms with Crippen molar-refractivity contribution in [3.63, 3.8) is 0 Å². The van der Waals surface area contributed by atoms with Gasteiger partial charge in [-0.3, -0.25) is 9.59 Å². The van der Waals surface area contributed by atoms with E-state index >= 15 is 0 Å². The Labute approximate surface area is 131 Å². The maximum absolute atomic E-state index is 12.7. The van der Waals surface area contributed by atoms with E-state index < -0.39 is 0 Å². The lowest BCUT2D eigenvalue weighted by molar-refractivity contribution is -0.118. The summed E-state index contributed by atoms with van der Waals surface area (Å²) in [7, 11) is 2.06. The second-order valence-electron chi connectivity index (χ2n) is 6.18. The van der Waals surface area contributed by atoms with Gasteiger partial charge in [-0.2, -0.15) is 0 Å². The zero-order chi connectivity index (χ0) is 16.3. The molecule has 2 amide bonds. The second-order valence-corrected chi connectivity index (χ2v) is 6.18. The first-order valence-electron chi connectivity index (χ1n) is 7.65. The van der Waals surface area contributed by atoms with Crippen LogP contribution in [-0.4, -0.2) is 59.3 Å². The molecular weight excluding hydrogens is 280 g/mol. The van der Waals surface area contributed by atoms with E-state index in [0.717, 1.165) is 13.1 Å². The molecular formula is C16H24N4O2. The van der Waals surface area contributed by atoms with E-state index in [4.69, 9.17) is 0 Å². The van der Waals surface area contributed by atoms with Crippen molar-refractivity contribution < 1.29 is 9.59 Å². The monoisotopic (exact) mass is 304 g/mol. The summed E-state index contributed by atoms with van der Waals surface area (Å²) in [6.07, 6.45) is 1.56. The number of hydrogen-bond donors (Lipinski definition) is 1. The van der Waals surface area contributed by atoms with Crippen LogP contribution >= 0.6 is 0 Å². The van der Waals surface area contributed by atoms with Crippen LogP contribution in [0.4, 0.5) is 5.82 Å². The Hall–Kier alpha value is -1.95. The van der Waals surface area contributed by atoms with Crippen molar-refractivity contribution in [2.45, 2.75) is 26.8 Å². The lowest BCUT2D eigenvalue weighted by Gasteiger charge is -2.38. The zero-order valence-corrected chi connectivity index (χ0v) is 13.7. The molecule has 0 aliphatic carbocycles. The average molecular weight is 304 g/mol. The molecule has 1 aliphatic rings. The molecule has 1 fully saturated rings. The molecule has 0 spiro atoms. The number of amides is 2. The van der Waals surface area contributed by atoms with E-state index in [9.17, 15) is 9.59 Å². The molecule has 120 valence electrons. The van der Waals surface area contributed by atoms with Crippen LogP contribution in [0.1, 0.15) is 31.1 Å². The number of pyridine rings is 1. The van der Waals surface area contributed by atoms with E-state index in [2.05, 4.69) is 29.2 Å². The van der Waals surface area contributed by atoms with Crippen LogP contribution < -0.4 is 5.32 Å². The highest BCUT2D eigenvalue weighted by molar-refractivity contribution is 5.97. The molecule has 1 aliphatic heterocycles. The second kappa shape index (κ2) is 6.87. The highest BCUT2D eigenvalue weighted by atomic mass is 16.2. The van der Waals surface area contributed by atoms with Crippen LogP contribution in [0.5, 0.6) is 0 Å². The van der Waals surface area contributed by atoms with Crippen molar-refractivity contribution in [2.75, 3.05) is 32.0 Å². The van der Waals surface area contributed by atoms with Crippen LogP contribution in [0.15, 0.2) is 18.3 Å². The quantitative estimate of drug-likeness (QED) is 0.918. The Kier molecular flexibility index (Phi) is 5.13. The minimum atomic E-state index is -0.126. The van der Waals surface area contributed by atoms with E-state index in [1.54, 1.807) is 18.3 Å². The van der Waals surface area contributed by atoms with Crippen molar-refractivity contribution >= 4 is 17.6 Å². The van der Waals surface area contributed by atoms with Gasteiger partial charge in [-0.15, -0.1) is 0 Å². The third-order valence-corrected chi connectivity index (χ3v) is 3.87. The molecule has 1 saturated heterocycles. The van der Waals surface area contributed by atoms with Crippen LogP contribution in [0.25, 0.3) is 0 Å². The number of aromatic nitrogens is 1. The Morgan fingerprint density at radius 2 is 2.09 bits per heavy atom. The normalized spacial score (nSPS) is 19.3. The zero-order valence-electron chi connectivity index (χ0n) is 13.7. The van der Waals surface area contributed by atoms with Gasteiger partial charge in [0.1, 0.15) is 5.82 Å². The van der Waals surface area contributed by atoms with Gasteiger partial charge in [0, 0.05) is 43.4 Å². The summed E-state index contributed by atoms with van der Waals surface area (Å²) in [5.74, 6) is 0.179. The third-order valence-electron chi connectivity index (χ3n) is 3.87. The number of nitrogens with zero attached hydrogens (tertiary/aromatic N) is 3. The van der Waals surface area contributed by atoms with Crippen LogP contribution in [0.2, 0.25) is 0 Å². The Balaban J connectivity index is 2.12. The first-order valence-corrected chi connectivity index (χ1v) is 7.65. The molecule has 1 atom stereocenters. The fourth-order valence-corrected chi connectivity index (χ4v) is 2.51. The van der Waals surface area contributed by atoms with Gasteiger partial charge in [0.15, 0.2) is 0 Å². The number of hydrogen-bond acceptors (Lipinski definition) is 4. The Morgan fingerprint density at radius 1 is 1.36 bits per heavy atom. The molecule has 6 nitrogen and oxygen atoms in total. The molecule has 0 bridgehead atoms. The van der Waals surface area contributed by atoms with Crippen molar-refractivity contribution in [3.05, 3.63) is 23.9 Å². The number of rotatable bonds is 3. The molecule has 0 saturated carbocycles. The number of carbonyl (C=O) groups excluding carboxylic acids is 2. The highest BCUT2D eigenvalue weighted by Gasteiger charge is 2.26. The van der Waals surface area contributed by atoms with E-state index in [1.807, 2.05) is 18.7 Å². The summed E-state index contributed by atoms with van der Waals surface area (Å²) in [6.45, 7) is 8.14. The maximum atomic E-state index is 12.7. The molecule has 1 aromatic heterocycles. The summed E-state index contributed by atoms with van der Waals surface area (Å²) in [6, 6.07) is 3.51. The van der Waals surface area contributed by atoms with Crippen molar-refractivity contribution in [2.24, 2.45) is 5.92 Å². The minimum absolute atomic E-state index is 0.0111. The van der Waals surface area contributed by atoms with Crippen molar-refractivity contribution in [3.8, 4) is 0 Å². The number of nitrogens with one attached hydrogen (secondary N) is 1. The molecule has 2 rings (SSSR count). The highest BCUT2D eigenvalue weighted by Crippen LogP contribution is 2.15. The molecule has 0 radical (unpaired) electrons. The van der Waals surface area contributed by atoms with Crippen LogP contribution in [0.3, 0.4) is 0 Å².